The average molecular weight is 298 g/mol. The van der Waals surface area contributed by atoms with Crippen molar-refractivity contribution >= 4 is 28.9 Å². The Bertz CT molecular complexity index is 474. The van der Waals surface area contributed by atoms with Crippen molar-refractivity contribution in [1.29, 1.82) is 0 Å². The van der Waals surface area contributed by atoms with Crippen molar-refractivity contribution in [3.05, 3.63) is 22.7 Å². The second kappa shape index (κ2) is 7.39. The molecule has 0 saturated heterocycles. The number of hydrogen-bond donors (Lipinski definition) is 3. The van der Waals surface area contributed by atoms with E-state index in [0.29, 0.717) is 27.9 Å². The molecule has 1 rings (SSSR count). The van der Waals surface area contributed by atoms with Crippen molar-refractivity contribution in [2.24, 2.45) is 11.7 Å². The van der Waals surface area contributed by atoms with Crippen LogP contribution in [0.5, 0.6) is 0 Å². The summed E-state index contributed by atoms with van der Waals surface area (Å²) in [5, 5.41) is 3.70. The number of primary amides is 1. The van der Waals surface area contributed by atoms with E-state index < -0.39 is 5.91 Å². The first-order valence-electron chi connectivity index (χ1n) is 6.96. The number of rotatable bonds is 7. The number of amides is 1. The van der Waals surface area contributed by atoms with E-state index in [1.807, 2.05) is 0 Å². The second-order valence-corrected chi connectivity index (χ2v) is 6.07. The molecule has 1 aromatic carbocycles. The molecular weight excluding hydrogens is 274 g/mol. The largest absolute Gasteiger partial charge is 0.399 e. The van der Waals surface area contributed by atoms with Gasteiger partial charge in [0.05, 0.1) is 16.3 Å². The monoisotopic (exact) mass is 297 g/mol. The quantitative estimate of drug-likeness (QED) is 0.672. The molecule has 20 heavy (non-hydrogen) atoms. The molecule has 4 nitrogen and oxygen atoms in total. The fourth-order valence-electron chi connectivity index (χ4n) is 2.12. The van der Waals surface area contributed by atoms with E-state index in [4.69, 9.17) is 23.1 Å². The highest BCUT2D eigenvalue weighted by Gasteiger charge is 2.15. The van der Waals surface area contributed by atoms with Gasteiger partial charge in [-0.15, -0.1) is 0 Å². The first-order chi connectivity index (χ1) is 9.31. The topological polar surface area (TPSA) is 81.1 Å². The van der Waals surface area contributed by atoms with Gasteiger partial charge in [-0.3, -0.25) is 4.79 Å². The lowest BCUT2D eigenvalue weighted by Gasteiger charge is -2.19. The van der Waals surface area contributed by atoms with Crippen LogP contribution in [0.1, 0.15) is 50.4 Å². The average Bonchev–Trinajstić information content (AvgIpc) is 2.31. The summed E-state index contributed by atoms with van der Waals surface area (Å²) in [5.74, 6) is 0.166. The molecule has 5 N–H and O–H groups in total. The highest BCUT2D eigenvalue weighted by Crippen LogP contribution is 2.30. The highest BCUT2D eigenvalue weighted by atomic mass is 35.5. The van der Waals surface area contributed by atoms with Crippen molar-refractivity contribution in [2.45, 2.75) is 46.1 Å². The minimum Gasteiger partial charge on any atom is -0.399 e. The molecule has 0 saturated carbocycles. The lowest BCUT2D eigenvalue weighted by Crippen LogP contribution is -2.20. The SMILES string of the molecule is CC(C)CCCC(C)Nc1c(Cl)cc(N)cc1C(N)=O. The number of anilines is 2. The number of nitrogen functional groups attached to an aromatic ring is 1. The van der Waals surface area contributed by atoms with Crippen LogP contribution in [0, 0.1) is 5.92 Å². The van der Waals surface area contributed by atoms with Gasteiger partial charge in [-0.2, -0.15) is 0 Å². The smallest absolute Gasteiger partial charge is 0.250 e. The number of nitrogens with one attached hydrogen (secondary N) is 1. The van der Waals surface area contributed by atoms with Crippen molar-refractivity contribution in [1.82, 2.24) is 0 Å². The fraction of sp³-hybridized carbons (Fsp3) is 0.533. The van der Waals surface area contributed by atoms with Crippen LogP contribution in [0.25, 0.3) is 0 Å². The molecule has 0 aliphatic rings. The summed E-state index contributed by atoms with van der Waals surface area (Å²) < 4.78 is 0. The molecule has 112 valence electrons. The third-order valence-electron chi connectivity index (χ3n) is 3.19. The molecule has 0 bridgehead atoms. The number of benzene rings is 1. The summed E-state index contributed by atoms with van der Waals surface area (Å²) in [6.07, 6.45) is 3.32. The van der Waals surface area contributed by atoms with Crippen molar-refractivity contribution in [3.63, 3.8) is 0 Å². The van der Waals surface area contributed by atoms with E-state index in [1.54, 1.807) is 12.1 Å². The molecule has 0 spiro atoms. The lowest BCUT2D eigenvalue weighted by atomic mass is 10.0. The Morgan fingerprint density at radius 1 is 1.30 bits per heavy atom. The van der Waals surface area contributed by atoms with E-state index in [0.717, 1.165) is 12.8 Å². The molecule has 1 atom stereocenters. The van der Waals surface area contributed by atoms with Gasteiger partial charge in [-0.1, -0.05) is 38.3 Å². The molecule has 0 heterocycles. The molecule has 0 aliphatic heterocycles. The molecule has 1 unspecified atom stereocenters. The van der Waals surface area contributed by atoms with Gasteiger partial charge in [0.1, 0.15) is 0 Å². The minimum absolute atomic E-state index is 0.216. The molecule has 0 aliphatic carbocycles. The Hall–Kier alpha value is -1.42. The van der Waals surface area contributed by atoms with Gasteiger partial charge in [-0.25, -0.2) is 0 Å². The minimum atomic E-state index is -0.531. The maximum absolute atomic E-state index is 11.5. The van der Waals surface area contributed by atoms with Gasteiger partial charge >= 0.3 is 0 Å². The normalized spacial score (nSPS) is 12.4. The predicted octanol–water partition coefficient (Wildman–Crippen LogP) is 3.65. The van der Waals surface area contributed by atoms with Crippen LogP contribution >= 0.6 is 11.6 Å². The van der Waals surface area contributed by atoms with E-state index in [-0.39, 0.29) is 6.04 Å². The highest BCUT2D eigenvalue weighted by molar-refractivity contribution is 6.34. The number of carbonyl (C=O) groups is 1. The van der Waals surface area contributed by atoms with E-state index in [9.17, 15) is 4.79 Å². The first-order valence-corrected chi connectivity index (χ1v) is 7.34. The Labute approximate surface area is 125 Å². The Balaban J connectivity index is 2.78. The third kappa shape index (κ3) is 4.93. The number of hydrogen-bond acceptors (Lipinski definition) is 3. The first kappa shape index (κ1) is 16.6. The third-order valence-corrected chi connectivity index (χ3v) is 3.49. The van der Waals surface area contributed by atoms with Gasteiger partial charge in [0.15, 0.2) is 0 Å². The zero-order valence-electron chi connectivity index (χ0n) is 12.4. The van der Waals surface area contributed by atoms with Crippen LogP contribution in [0.4, 0.5) is 11.4 Å². The zero-order valence-corrected chi connectivity index (χ0v) is 13.1. The van der Waals surface area contributed by atoms with Crippen LogP contribution in [-0.2, 0) is 0 Å². The molecule has 1 aromatic rings. The molecule has 0 aromatic heterocycles. The molecule has 0 radical (unpaired) electrons. The van der Waals surface area contributed by atoms with Gasteiger partial charge in [0.25, 0.3) is 5.91 Å². The Kier molecular flexibility index (Phi) is 6.14. The predicted molar refractivity (Wildman–Crippen MR) is 86.2 cm³/mol. The van der Waals surface area contributed by atoms with Crippen LogP contribution < -0.4 is 16.8 Å². The maximum atomic E-state index is 11.5. The Morgan fingerprint density at radius 3 is 2.50 bits per heavy atom. The summed E-state index contributed by atoms with van der Waals surface area (Å²) in [7, 11) is 0. The van der Waals surface area contributed by atoms with Crippen molar-refractivity contribution in [2.75, 3.05) is 11.1 Å². The summed E-state index contributed by atoms with van der Waals surface area (Å²) >= 11 is 6.16. The molecular formula is C15H24ClN3O. The number of nitrogens with two attached hydrogens (primary N) is 2. The van der Waals surface area contributed by atoms with E-state index >= 15 is 0 Å². The van der Waals surface area contributed by atoms with E-state index in [1.165, 1.54) is 6.42 Å². The Morgan fingerprint density at radius 2 is 1.95 bits per heavy atom. The van der Waals surface area contributed by atoms with Gasteiger partial charge < -0.3 is 16.8 Å². The van der Waals surface area contributed by atoms with Crippen molar-refractivity contribution < 1.29 is 4.79 Å². The lowest BCUT2D eigenvalue weighted by molar-refractivity contribution is 0.100. The van der Waals surface area contributed by atoms with E-state index in [2.05, 4.69) is 26.1 Å². The standard InChI is InChI=1S/C15H24ClN3O/c1-9(2)5-4-6-10(3)19-14-12(15(18)20)7-11(17)8-13(14)16/h7-10,19H,4-6,17H2,1-3H3,(H2,18,20). The zero-order chi connectivity index (χ0) is 15.3. The fourth-order valence-corrected chi connectivity index (χ4v) is 2.40. The van der Waals surface area contributed by atoms with Crippen molar-refractivity contribution in [3.8, 4) is 0 Å². The summed E-state index contributed by atoms with van der Waals surface area (Å²) in [6.45, 7) is 6.48. The van der Waals surface area contributed by atoms with Crippen LogP contribution in [-0.4, -0.2) is 11.9 Å². The van der Waals surface area contributed by atoms with Gasteiger partial charge in [-0.05, 0) is 31.4 Å². The molecule has 1 amide bonds. The maximum Gasteiger partial charge on any atom is 0.250 e. The van der Waals surface area contributed by atoms with Crippen LogP contribution in [0.15, 0.2) is 12.1 Å². The summed E-state index contributed by atoms with van der Waals surface area (Å²) in [4.78, 5) is 11.5. The summed E-state index contributed by atoms with van der Waals surface area (Å²) in [6, 6.07) is 3.39. The summed E-state index contributed by atoms with van der Waals surface area (Å²) in [5.41, 5.74) is 12.4. The van der Waals surface area contributed by atoms with Gasteiger partial charge in [0, 0.05) is 11.7 Å². The van der Waals surface area contributed by atoms with Crippen LogP contribution in [0.2, 0.25) is 5.02 Å². The van der Waals surface area contributed by atoms with Gasteiger partial charge in [0.2, 0.25) is 0 Å². The molecule has 0 fully saturated rings. The van der Waals surface area contributed by atoms with Crippen LogP contribution in [0.3, 0.4) is 0 Å². The second-order valence-electron chi connectivity index (χ2n) is 5.66. The molecule has 5 heteroatoms. The number of carbonyl (C=O) groups excluding carboxylic acids is 1. The number of halogens is 1.